The minimum absolute atomic E-state index is 0.137. The normalized spacial score (nSPS) is 19.8. The molecule has 4 N–H and O–H groups in total. The van der Waals surface area contributed by atoms with Gasteiger partial charge in [0.2, 0.25) is 0 Å². The first kappa shape index (κ1) is 24.4. The Morgan fingerprint density at radius 2 is 1.03 bits per heavy atom. The van der Waals surface area contributed by atoms with Gasteiger partial charge in [0.1, 0.15) is 5.78 Å². The highest BCUT2D eigenvalue weighted by atomic mass is 16.1. The molecule has 2 aliphatic heterocycles. The molecule has 0 aliphatic carbocycles. The number of nitrogen functional groups attached to an aromatic ring is 2. The zero-order valence-electron chi connectivity index (χ0n) is 21.1. The van der Waals surface area contributed by atoms with Gasteiger partial charge < -0.3 is 31.1 Å². The number of hydrogen-bond acceptors (Lipinski definition) is 7. The summed E-state index contributed by atoms with van der Waals surface area (Å²) in [6, 6.07) is 12.3. The minimum Gasteiger partial charge on any atom is -0.398 e. The van der Waals surface area contributed by atoms with E-state index >= 15 is 0 Å². The SMILES string of the molecule is CC(C(=O)C(C)c1ccc(N2CCN(C)CC2)cc1N)c1ccc(N2CCN(C)CC2)cc1N. The van der Waals surface area contributed by atoms with Crippen molar-refractivity contribution in [2.75, 3.05) is 87.7 Å². The third-order valence-corrected chi connectivity index (χ3v) is 7.66. The molecule has 2 aromatic rings. The van der Waals surface area contributed by atoms with Crippen LogP contribution >= 0.6 is 0 Å². The van der Waals surface area contributed by atoms with Crippen molar-refractivity contribution >= 4 is 28.5 Å². The summed E-state index contributed by atoms with van der Waals surface area (Å²) in [5.41, 5.74) is 18.3. The van der Waals surface area contributed by atoms with E-state index < -0.39 is 0 Å². The van der Waals surface area contributed by atoms with Crippen LogP contribution in [-0.4, -0.2) is 82.0 Å². The summed E-state index contributed by atoms with van der Waals surface area (Å²) in [6.45, 7) is 12.0. The van der Waals surface area contributed by atoms with Crippen molar-refractivity contribution in [2.45, 2.75) is 25.7 Å². The number of carbonyl (C=O) groups is 1. The molecule has 2 aliphatic rings. The molecular formula is C27H40N6O. The number of likely N-dealkylation sites (N-methyl/N-ethyl adjacent to an activating group) is 2. The van der Waals surface area contributed by atoms with Crippen molar-refractivity contribution in [2.24, 2.45) is 0 Å². The molecule has 0 bridgehead atoms. The summed E-state index contributed by atoms with van der Waals surface area (Å²) in [7, 11) is 4.30. The molecule has 0 radical (unpaired) electrons. The van der Waals surface area contributed by atoms with E-state index in [0.717, 1.165) is 74.9 Å². The third kappa shape index (κ3) is 5.15. The van der Waals surface area contributed by atoms with Crippen LogP contribution in [0.3, 0.4) is 0 Å². The molecule has 2 aromatic carbocycles. The largest absolute Gasteiger partial charge is 0.398 e. The zero-order chi connectivity index (χ0) is 24.4. The van der Waals surface area contributed by atoms with Gasteiger partial charge >= 0.3 is 0 Å². The van der Waals surface area contributed by atoms with Crippen LogP contribution in [0.5, 0.6) is 0 Å². The van der Waals surface area contributed by atoms with Crippen molar-refractivity contribution in [3.63, 3.8) is 0 Å². The van der Waals surface area contributed by atoms with Crippen molar-refractivity contribution in [3.05, 3.63) is 47.5 Å². The van der Waals surface area contributed by atoms with Crippen LogP contribution in [-0.2, 0) is 4.79 Å². The monoisotopic (exact) mass is 464 g/mol. The Morgan fingerprint density at radius 3 is 1.35 bits per heavy atom. The van der Waals surface area contributed by atoms with Crippen LogP contribution < -0.4 is 21.3 Å². The standard InChI is InChI=1S/C27H40N6O/c1-19(23-7-5-21(17-25(23)28)32-13-9-30(3)10-14-32)27(34)20(2)24-8-6-22(18-26(24)29)33-15-11-31(4)12-16-33/h5-8,17-20H,9-16,28-29H2,1-4H3. The van der Waals surface area contributed by atoms with Crippen molar-refractivity contribution < 1.29 is 4.79 Å². The van der Waals surface area contributed by atoms with E-state index in [1.165, 1.54) is 0 Å². The topological polar surface area (TPSA) is 82.1 Å². The Morgan fingerprint density at radius 1 is 0.676 bits per heavy atom. The molecule has 7 nitrogen and oxygen atoms in total. The van der Waals surface area contributed by atoms with Crippen molar-refractivity contribution in [1.29, 1.82) is 0 Å². The van der Waals surface area contributed by atoms with Gasteiger partial charge in [-0.3, -0.25) is 4.79 Å². The summed E-state index contributed by atoms with van der Waals surface area (Å²) in [4.78, 5) is 22.8. The fourth-order valence-electron chi connectivity index (χ4n) is 5.12. The van der Waals surface area contributed by atoms with Crippen LogP contribution in [0.15, 0.2) is 36.4 Å². The molecular weight excluding hydrogens is 424 g/mol. The van der Waals surface area contributed by atoms with E-state index in [0.29, 0.717) is 11.4 Å². The van der Waals surface area contributed by atoms with E-state index in [9.17, 15) is 4.79 Å². The third-order valence-electron chi connectivity index (χ3n) is 7.66. The summed E-state index contributed by atoms with van der Waals surface area (Å²) < 4.78 is 0. The molecule has 0 spiro atoms. The Hall–Kier alpha value is -2.77. The number of rotatable bonds is 6. The molecule has 2 saturated heterocycles. The maximum absolute atomic E-state index is 13.5. The Labute approximate surface area is 204 Å². The van der Waals surface area contributed by atoms with Crippen LogP contribution in [0.4, 0.5) is 22.7 Å². The summed E-state index contributed by atoms with van der Waals surface area (Å²) in [5.74, 6) is -0.459. The van der Waals surface area contributed by atoms with E-state index in [1.807, 2.05) is 38.1 Å². The molecule has 2 heterocycles. The van der Waals surface area contributed by atoms with Gasteiger partial charge in [-0.25, -0.2) is 0 Å². The van der Waals surface area contributed by atoms with Crippen LogP contribution in [0.1, 0.15) is 36.8 Å². The molecule has 0 amide bonds. The number of carbonyl (C=O) groups excluding carboxylic acids is 1. The Balaban J connectivity index is 1.46. The second-order valence-corrected chi connectivity index (χ2v) is 10.1. The van der Waals surface area contributed by atoms with Gasteiger partial charge in [-0.1, -0.05) is 26.0 Å². The second-order valence-electron chi connectivity index (χ2n) is 10.1. The predicted molar refractivity (Wildman–Crippen MR) is 143 cm³/mol. The number of nitrogens with two attached hydrogens (primary N) is 2. The average molecular weight is 465 g/mol. The first-order valence-electron chi connectivity index (χ1n) is 12.4. The summed E-state index contributed by atoms with van der Waals surface area (Å²) >= 11 is 0. The van der Waals surface area contributed by atoms with E-state index in [1.54, 1.807) is 0 Å². The molecule has 0 aromatic heterocycles. The predicted octanol–water partition coefficient (Wildman–Crippen LogP) is 2.83. The van der Waals surface area contributed by atoms with Gasteiger partial charge in [0.25, 0.3) is 0 Å². The number of nitrogens with zero attached hydrogens (tertiary/aromatic N) is 4. The van der Waals surface area contributed by atoms with Gasteiger partial charge in [0.15, 0.2) is 0 Å². The molecule has 0 saturated carbocycles. The van der Waals surface area contributed by atoms with E-state index in [2.05, 4.69) is 45.8 Å². The molecule has 2 unspecified atom stereocenters. The fourth-order valence-corrected chi connectivity index (χ4v) is 5.12. The van der Waals surface area contributed by atoms with Gasteiger partial charge in [0.05, 0.1) is 0 Å². The number of ketones is 1. The molecule has 7 heteroatoms. The van der Waals surface area contributed by atoms with E-state index in [-0.39, 0.29) is 17.6 Å². The molecule has 2 fully saturated rings. The van der Waals surface area contributed by atoms with E-state index in [4.69, 9.17) is 11.5 Å². The van der Waals surface area contributed by atoms with Crippen LogP contribution in [0.2, 0.25) is 0 Å². The second kappa shape index (κ2) is 10.2. The lowest BCUT2D eigenvalue weighted by Gasteiger charge is -2.34. The highest BCUT2D eigenvalue weighted by molar-refractivity contribution is 5.93. The average Bonchev–Trinajstić information content (AvgIpc) is 2.83. The molecule has 2 atom stereocenters. The number of Topliss-reactive ketones (excluding diaryl/α,β-unsaturated/α-hetero) is 1. The van der Waals surface area contributed by atoms with Gasteiger partial charge in [-0.2, -0.15) is 0 Å². The zero-order valence-corrected chi connectivity index (χ0v) is 21.1. The molecule has 184 valence electrons. The lowest BCUT2D eigenvalue weighted by molar-refractivity contribution is -0.121. The van der Waals surface area contributed by atoms with Crippen molar-refractivity contribution in [3.8, 4) is 0 Å². The first-order chi connectivity index (χ1) is 16.2. The van der Waals surface area contributed by atoms with Crippen molar-refractivity contribution in [1.82, 2.24) is 9.80 Å². The highest BCUT2D eigenvalue weighted by Crippen LogP contribution is 2.34. The lowest BCUT2D eigenvalue weighted by Crippen LogP contribution is -2.44. The van der Waals surface area contributed by atoms with Crippen LogP contribution in [0.25, 0.3) is 0 Å². The summed E-state index contributed by atoms with van der Waals surface area (Å²) in [5, 5.41) is 0. The number of hydrogen-bond donors (Lipinski definition) is 2. The molecule has 34 heavy (non-hydrogen) atoms. The Kier molecular flexibility index (Phi) is 7.33. The smallest absolute Gasteiger partial charge is 0.147 e. The maximum atomic E-state index is 13.5. The fraction of sp³-hybridized carbons (Fsp3) is 0.519. The maximum Gasteiger partial charge on any atom is 0.147 e. The van der Waals surface area contributed by atoms with Gasteiger partial charge in [-0.05, 0) is 49.5 Å². The van der Waals surface area contributed by atoms with Gasteiger partial charge in [0, 0.05) is 86.9 Å². The quantitative estimate of drug-likeness (QED) is 0.636. The Bertz CT molecular complexity index is 929. The molecule has 4 rings (SSSR count). The minimum atomic E-state index is -0.298. The van der Waals surface area contributed by atoms with Gasteiger partial charge in [-0.15, -0.1) is 0 Å². The summed E-state index contributed by atoms with van der Waals surface area (Å²) in [6.07, 6.45) is 0. The highest BCUT2D eigenvalue weighted by Gasteiger charge is 2.27. The van der Waals surface area contributed by atoms with Crippen LogP contribution in [0, 0.1) is 0 Å². The first-order valence-corrected chi connectivity index (χ1v) is 12.4. The number of benzene rings is 2. The lowest BCUT2D eigenvalue weighted by atomic mass is 9.84. The number of anilines is 4. The number of piperazine rings is 2.